The second-order valence-electron chi connectivity index (χ2n) is 3.14. The molecule has 0 aliphatic rings. The normalized spacial score (nSPS) is 12.6. The number of aromatic nitrogens is 2. The summed E-state index contributed by atoms with van der Waals surface area (Å²) in [5.74, 6) is 0.977. The highest BCUT2D eigenvalue weighted by molar-refractivity contribution is 6.42. The first-order chi connectivity index (χ1) is 6.65. The van der Waals surface area contributed by atoms with Crippen LogP contribution >= 0.6 is 23.2 Å². The largest absolute Gasteiger partial charge is 0.490 e. The van der Waals surface area contributed by atoms with Crippen molar-refractivity contribution >= 4 is 23.2 Å². The smallest absolute Gasteiger partial charge is 0.174 e. The molecule has 1 aromatic heterocycles. The van der Waals surface area contributed by atoms with Crippen LogP contribution in [0, 0.1) is 5.92 Å². The molecule has 0 aliphatic heterocycles. The van der Waals surface area contributed by atoms with Gasteiger partial charge in [-0.2, -0.15) is 5.10 Å². The van der Waals surface area contributed by atoms with Gasteiger partial charge in [0.1, 0.15) is 5.02 Å². The summed E-state index contributed by atoms with van der Waals surface area (Å²) in [5.41, 5.74) is 0. The fourth-order valence-electron chi connectivity index (χ4n) is 0.785. The van der Waals surface area contributed by atoms with Gasteiger partial charge in [0.15, 0.2) is 10.9 Å². The Kier molecular flexibility index (Phi) is 4.42. The first-order valence-corrected chi connectivity index (χ1v) is 5.20. The van der Waals surface area contributed by atoms with Crippen molar-refractivity contribution in [2.45, 2.75) is 20.3 Å². The third-order valence-corrected chi connectivity index (χ3v) is 2.66. The highest BCUT2D eigenvalue weighted by atomic mass is 35.5. The molecule has 0 aliphatic carbocycles. The molecule has 0 spiro atoms. The Labute approximate surface area is 93.4 Å². The average molecular weight is 235 g/mol. The number of ether oxygens (including phenoxy) is 1. The molecule has 1 atom stereocenters. The summed E-state index contributed by atoms with van der Waals surface area (Å²) in [6, 6.07) is 0. The quantitative estimate of drug-likeness (QED) is 0.803. The number of rotatable bonds is 4. The number of hydrogen-bond donors (Lipinski definition) is 0. The van der Waals surface area contributed by atoms with E-state index in [2.05, 4.69) is 24.0 Å². The average Bonchev–Trinajstić information content (AvgIpc) is 2.20. The van der Waals surface area contributed by atoms with Crippen molar-refractivity contribution in [3.63, 3.8) is 0 Å². The number of nitrogens with zero attached hydrogens (tertiary/aromatic N) is 2. The summed E-state index contributed by atoms with van der Waals surface area (Å²) in [6.07, 6.45) is 2.53. The third kappa shape index (κ3) is 3.00. The van der Waals surface area contributed by atoms with Gasteiger partial charge >= 0.3 is 0 Å². The van der Waals surface area contributed by atoms with Gasteiger partial charge in [0.05, 0.1) is 12.8 Å². The van der Waals surface area contributed by atoms with E-state index in [0.717, 1.165) is 6.42 Å². The minimum atomic E-state index is 0.174. The van der Waals surface area contributed by atoms with Crippen LogP contribution in [0.5, 0.6) is 5.75 Å². The van der Waals surface area contributed by atoms with Gasteiger partial charge < -0.3 is 4.74 Å². The Morgan fingerprint density at radius 2 is 2.21 bits per heavy atom. The Morgan fingerprint density at radius 1 is 1.50 bits per heavy atom. The summed E-state index contributed by atoms with van der Waals surface area (Å²) in [6.45, 7) is 4.82. The van der Waals surface area contributed by atoms with Crippen LogP contribution in [0.25, 0.3) is 0 Å². The summed E-state index contributed by atoms with van der Waals surface area (Å²) in [7, 11) is 0. The predicted molar refractivity (Wildman–Crippen MR) is 57.0 cm³/mol. The lowest BCUT2D eigenvalue weighted by Gasteiger charge is -2.11. The van der Waals surface area contributed by atoms with Crippen LogP contribution in [-0.4, -0.2) is 16.8 Å². The van der Waals surface area contributed by atoms with Gasteiger partial charge in [-0.05, 0) is 5.92 Å². The van der Waals surface area contributed by atoms with Gasteiger partial charge in [0.25, 0.3) is 0 Å². The van der Waals surface area contributed by atoms with Crippen molar-refractivity contribution < 1.29 is 4.74 Å². The molecule has 1 heterocycles. The molecule has 0 saturated carbocycles. The maximum Gasteiger partial charge on any atom is 0.174 e. The lowest BCUT2D eigenvalue weighted by Crippen LogP contribution is -2.08. The van der Waals surface area contributed by atoms with Crippen molar-refractivity contribution in [1.82, 2.24) is 10.2 Å². The van der Waals surface area contributed by atoms with Crippen LogP contribution in [-0.2, 0) is 0 Å². The summed E-state index contributed by atoms with van der Waals surface area (Å²) in [5, 5.41) is 7.75. The van der Waals surface area contributed by atoms with Crippen molar-refractivity contribution in [3.8, 4) is 5.75 Å². The topological polar surface area (TPSA) is 35.0 Å². The standard InChI is InChI=1S/C9H12Cl2N2O/c1-3-6(2)5-14-7-4-12-13-9(11)8(7)10/h4,6H,3,5H2,1-2H3/t6-/m1/s1. The lowest BCUT2D eigenvalue weighted by atomic mass is 10.1. The fraction of sp³-hybridized carbons (Fsp3) is 0.556. The van der Waals surface area contributed by atoms with Crippen molar-refractivity contribution in [2.24, 2.45) is 5.92 Å². The molecule has 0 amide bonds. The van der Waals surface area contributed by atoms with E-state index >= 15 is 0 Å². The molecule has 0 radical (unpaired) electrons. The summed E-state index contributed by atoms with van der Waals surface area (Å²) >= 11 is 11.5. The molecule has 3 nitrogen and oxygen atoms in total. The minimum Gasteiger partial charge on any atom is -0.490 e. The fourth-order valence-corrected chi connectivity index (χ4v) is 1.06. The summed E-state index contributed by atoms with van der Waals surface area (Å²) in [4.78, 5) is 0. The molecule has 0 aromatic carbocycles. The minimum absolute atomic E-state index is 0.174. The Bertz CT molecular complexity index is 307. The molecule has 14 heavy (non-hydrogen) atoms. The van der Waals surface area contributed by atoms with Gasteiger partial charge in [0.2, 0.25) is 0 Å². The van der Waals surface area contributed by atoms with E-state index in [1.807, 2.05) is 0 Å². The second-order valence-corrected chi connectivity index (χ2v) is 3.87. The van der Waals surface area contributed by atoms with E-state index in [9.17, 15) is 0 Å². The van der Waals surface area contributed by atoms with Crippen LogP contribution in [0.2, 0.25) is 10.2 Å². The maximum absolute atomic E-state index is 5.86. The molecule has 0 N–H and O–H groups in total. The van der Waals surface area contributed by atoms with Crippen LogP contribution in [0.3, 0.4) is 0 Å². The van der Waals surface area contributed by atoms with E-state index in [1.54, 1.807) is 0 Å². The molecular formula is C9H12Cl2N2O. The van der Waals surface area contributed by atoms with E-state index in [1.165, 1.54) is 6.20 Å². The summed E-state index contributed by atoms with van der Waals surface area (Å²) < 4.78 is 5.45. The van der Waals surface area contributed by atoms with Crippen molar-refractivity contribution in [1.29, 1.82) is 0 Å². The van der Waals surface area contributed by atoms with Crippen LogP contribution in [0.15, 0.2) is 6.20 Å². The molecule has 1 aromatic rings. The zero-order chi connectivity index (χ0) is 10.6. The van der Waals surface area contributed by atoms with Crippen LogP contribution in [0.1, 0.15) is 20.3 Å². The first kappa shape index (κ1) is 11.5. The maximum atomic E-state index is 5.86. The van der Waals surface area contributed by atoms with E-state index < -0.39 is 0 Å². The monoisotopic (exact) mass is 234 g/mol. The van der Waals surface area contributed by atoms with Crippen molar-refractivity contribution in [2.75, 3.05) is 6.61 Å². The van der Waals surface area contributed by atoms with Gasteiger partial charge in [0, 0.05) is 0 Å². The van der Waals surface area contributed by atoms with Crippen LogP contribution < -0.4 is 4.74 Å². The zero-order valence-corrected chi connectivity index (χ0v) is 9.64. The molecule has 0 saturated heterocycles. The molecule has 0 unspecified atom stereocenters. The SMILES string of the molecule is CC[C@@H](C)COc1cnnc(Cl)c1Cl. The number of halogens is 2. The van der Waals surface area contributed by atoms with Gasteiger partial charge in [-0.15, -0.1) is 5.10 Å². The third-order valence-electron chi connectivity index (χ3n) is 1.94. The molecule has 0 fully saturated rings. The van der Waals surface area contributed by atoms with Crippen molar-refractivity contribution in [3.05, 3.63) is 16.4 Å². The first-order valence-electron chi connectivity index (χ1n) is 4.44. The molecule has 78 valence electrons. The Balaban J connectivity index is 2.63. The zero-order valence-electron chi connectivity index (χ0n) is 8.13. The van der Waals surface area contributed by atoms with Gasteiger partial charge in [-0.1, -0.05) is 43.5 Å². The van der Waals surface area contributed by atoms with Crippen LogP contribution in [0.4, 0.5) is 0 Å². The number of hydrogen-bond acceptors (Lipinski definition) is 3. The Morgan fingerprint density at radius 3 is 2.86 bits per heavy atom. The van der Waals surface area contributed by atoms with Gasteiger partial charge in [-0.25, -0.2) is 0 Å². The van der Waals surface area contributed by atoms with E-state index in [4.69, 9.17) is 27.9 Å². The van der Waals surface area contributed by atoms with E-state index in [-0.39, 0.29) is 5.15 Å². The second kappa shape index (κ2) is 5.37. The Hall–Kier alpha value is -0.540. The molecule has 1 rings (SSSR count). The highest BCUT2D eigenvalue weighted by Gasteiger charge is 2.08. The molecular weight excluding hydrogens is 223 g/mol. The molecule has 0 bridgehead atoms. The predicted octanol–water partition coefficient (Wildman–Crippen LogP) is 3.21. The van der Waals surface area contributed by atoms with E-state index in [0.29, 0.717) is 23.3 Å². The van der Waals surface area contributed by atoms with Gasteiger partial charge in [-0.3, -0.25) is 0 Å². The molecule has 5 heteroatoms. The highest BCUT2D eigenvalue weighted by Crippen LogP contribution is 2.28. The lowest BCUT2D eigenvalue weighted by molar-refractivity contribution is 0.255.